The fourth-order valence-corrected chi connectivity index (χ4v) is 10.1. The first kappa shape index (κ1) is 18.8. The van der Waals surface area contributed by atoms with Crippen molar-refractivity contribution in [1.82, 2.24) is 9.88 Å². The summed E-state index contributed by atoms with van der Waals surface area (Å²) >= 11 is 5.90. The van der Waals surface area contributed by atoms with Crippen molar-refractivity contribution >= 4 is 43.4 Å². The first-order valence-electron chi connectivity index (χ1n) is 11.3. The van der Waals surface area contributed by atoms with Crippen LogP contribution in [-0.4, -0.2) is 26.7 Å². The number of carbonyl (C=O) groups is 1. The third-order valence-electron chi connectivity index (χ3n) is 8.06. The topological polar surface area (TPSA) is 33.2 Å². The molecule has 2 aromatic rings. The highest BCUT2D eigenvalue weighted by Crippen LogP contribution is 2.65. The molecule has 4 aliphatic carbocycles. The number of carbonyl (C=O) groups excluding carboxylic acids is 1. The minimum absolute atomic E-state index is 0.181. The molecular weight excluding hydrogens is 444 g/mol. The van der Waals surface area contributed by atoms with Gasteiger partial charge in [0, 0.05) is 17.3 Å². The third kappa shape index (κ3) is 3.27. The Morgan fingerprint density at radius 3 is 2.72 bits per heavy atom. The number of hydrogen-bond donors (Lipinski definition) is 0. The number of alkyl halides is 1. The van der Waals surface area contributed by atoms with E-state index in [0.29, 0.717) is 10.2 Å². The van der Waals surface area contributed by atoms with Crippen molar-refractivity contribution in [3.05, 3.63) is 29.3 Å². The Labute approximate surface area is 185 Å². The zero-order valence-electron chi connectivity index (χ0n) is 16.9. The lowest BCUT2D eigenvalue weighted by atomic mass is 9.48. The first-order chi connectivity index (χ1) is 14.0. The molecule has 4 bridgehead atoms. The van der Waals surface area contributed by atoms with Crippen molar-refractivity contribution in [2.45, 2.75) is 74.6 Å². The monoisotopic (exact) mass is 472 g/mol. The predicted octanol–water partition coefficient (Wildman–Crippen LogP) is 6.47. The van der Waals surface area contributed by atoms with E-state index < -0.39 is 0 Å². The van der Waals surface area contributed by atoms with Gasteiger partial charge in [0.1, 0.15) is 5.01 Å². The zero-order chi connectivity index (χ0) is 19.6. The molecule has 2 heterocycles. The number of hydrogen-bond acceptors (Lipinski definition) is 3. The third-order valence-corrected chi connectivity index (χ3v) is 10.1. The Morgan fingerprint density at radius 2 is 1.97 bits per heavy atom. The van der Waals surface area contributed by atoms with Crippen LogP contribution in [0, 0.1) is 17.3 Å². The van der Waals surface area contributed by atoms with Gasteiger partial charge < -0.3 is 4.90 Å². The fraction of sp³-hybridized carbons (Fsp3) is 0.667. The Hall–Kier alpha value is -0.940. The number of amides is 1. The summed E-state index contributed by atoms with van der Waals surface area (Å²) in [5.41, 5.74) is 1.33. The molecular formula is C24H29BrN2OS. The summed E-state index contributed by atoms with van der Waals surface area (Å²) in [7, 11) is 0. The summed E-state index contributed by atoms with van der Waals surface area (Å²) in [5, 5.41) is 1.14. The lowest BCUT2D eigenvalue weighted by Gasteiger charge is -2.60. The molecule has 5 heteroatoms. The minimum Gasteiger partial charge on any atom is -0.333 e. The highest BCUT2D eigenvalue weighted by molar-refractivity contribution is 9.10. The molecule has 0 N–H and O–H groups in total. The van der Waals surface area contributed by atoms with Crippen LogP contribution in [0.2, 0.25) is 0 Å². The van der Waals surface area contributed by atoms with Crippen molar-refractivity contribution in [1.29, 1.82) is 0 Å². The SMILES string of the molecule is O=C(CC12CC3CC(CC(Br)(C3)C1)C2)N1CCCCC1c1nc2ccccc2s1. The van der Waals surface area contributed by atoms with Crippen molar-refractivity contribution in [3.63, 3.8) is 0 Å². The smallest absolute Gasteiger partial charge is 0.223 e. The van der Waals surface area contributed by atoms with Gasteiger partial charge in [0.05, 0.1) is 16.3 Å². The number of rotatable bonds is 3. The van der Waals surface area contributed by atoms with Crippen LogP contribution in [0.25, 0.3) is 10.2 Å². The van der Waals surface area contributed by atoms with E-state index in [1.165, 1.54) is 49.6 Å². The van der Waals surface area contributed by atoms with Gasteiger partial charge in [-0.15, -0.1) is 11.3 Å². The van der Waals surface area contributed by atoms with Crippen LogP contribution in [0.15, 0.2) is 24.3 Å². The molecule has 1 amide bonds. The van der Waals surface area contributed by atoms with Gasteiger partial charge >= 0.3 is 0 Å². The predicted molar refractivity (Wildman–Crippen MR) is 121 cm³/mol. The highest BCUT2D eigenvalue weighted by atomic mass is 79.9. The van der Waals surface area contributed by atoms with Gasteiger partial charge in [-0.25, -0.2) is 4.98 Å². The Balaban J connectivity index is 1.26. The summed E-state index contributed by atoms with van der Waals surface area (Å²) in [5.74, 6) is 2.07. The van der Waals surface area contributed by atoms with Crippen molar-refractivity contribution in [3.8, 4) is 0 Å². The second kappa shape index (κ2) is 6.78. The number of thiazole rings is 1. The van der Waals surface area contributed by atoms with E-state index in [-0.39, 0.29) is 11.5 Å². The number of aromatic nitrogens is 1. The molecule has 1 aromatic carbocycles. The molecule has 7 rings (SSSR count). The van der Waals surface area contributed by atoms with Gasteiger partial charge in [-0.05, 0) is 87.2 Å². The van der Waals surface area contributed by atoms with Crippen LogP contribution >= 0.6 is 27.3 Å². The van der Waals surface area contributed by atoms with E-state index in [0.717, 1.165) is 48.2 Å². The number of piperidine rings is 1. The molecule has 3 nitrogen and oxygen atoms in total. The summed E-state index contributed by atoms with van der Waals surface area (Å²) in [6.45, 7) is 0.905. The molecule has 1 aromatic heterocycles. The van der Waals surface area contributed by atoms with E-state index in [1.807, 2.05) is 0 Å². The van der Waals surface area contributed by atoms with Gasteiger partial charge in [-0.1, -0.05) is 28.1 Å². The quantitative estimate of drug-likeness (QED) is 0.479. The zero-order valence-corrected chi connectivity index (χ0v) is 19.3. The van der Waals surface area contributed by atoms with Gasteiger partial charge in [0.15, 0.2) is 0 Å². The maximum absolute atomic E-state index is 13.7. The van der Waals surface area contributed by atoms with E-state index >= 15 is 0 Å². The number of likely N-dealkylation sites (tertiary alicyclic amines) is 1. The van der Waals surface area contributed by atoms with Gasteiger partial charge in [-0.3, -0.25) is 4.79 Å². The Kier molecular flexibility index (Phi) is 4.40. The Bertz CT molecular complexity index is 908. The molecule has 4 saturated carbocycles. The van der Waals surface area contributed by atoms with Crippen LogP contribution in [0.1, 0.15) is 75.3 Å². The molecule has 3 atom stereocenters. The van der Waals surface area contributed by atoms with Crippen LogP contribution < -0.4 is 0 Å². The average molecular weight is 473 g/mol. The molecule has 1 saturated heterocycles. The van der Waals surface area contributed by atoms with Crippen LogP contribution in [0.5, 0.6) is 0 Å². The van der Waals surface area contributed by atoms with E-state index in [4.69, 9.17) is 4.98 Å². The second-order valence-electron chi connectivity index (χ2n) is 10.4. The molecule has 0 radical (unpaired) electrons. The maximum atomic E-state index is 13.7. The molecule has 0 spiro atoms. The number of para-hydroxylation sites is 1. The van der Waals surface area contributed by atoms with E-state index in [9.17, 15) is 4.79 Å². The van der Waals surface area contributed by atoms with Gasteiger partial charge in [0.25, 0.3) is 0 Å². The second-order valence-corrected chi connectivity index (χ2v) is 13.2. The number of benzene rings is 1. The van der Waals surface area contributed by atoms with E-state index in [2.05, 4.69) is 45.1 Å². The first-order valence-corrected chi connectivity index (χ1v) is 13.0. The van der Waals surface area contributed by atoms with Gasteiger partial charge in [-0.2, -0.15) is 0 Å². The summed E-state index contributed by atoms with van der Waals surface area (Å²) in [4.78, 5) is 20.8. The summed E-state index contributed by atoms with van der Waals surface area (Å²) < 4.78 is 1.56. The molecule has 5 aliphatic rings. The number of nitrogens with zero attached hydrogens (tertiary/aromatic N) is 2. The van der Waals surface area contributed by atoms with Crippen LogP contribution in [-0.2, 0) is 4.79 Å². The van der Waals surface area contributed by atoms with Crippen molar-refractivity contribution < 1.29 is 4.79 Å². The number of fused-ring (bicyclic) bond motifs is 1. The molecule has 5 fully saturated rings. The summed E-state index contributed by atoms with van der Waals surface area (Å²) in [6.07, 6.45) is 12.0. The Morgan fingerprint density at radius 1 is 1.17 bits per heavy atom. The summed E-state index contributed by atoms with van der Waals surface area (Å²) in [6, 6.07) is 8.56. The lowest BCUT2D eigenvalue weighted by Crippen LogP contribution is -2.54. The molecule has 1 aliphatic heterocycles. The van der Waals surface area contributed by atoms with Crippen molar-refractivity contribution in [2.24, 2.45) is 17.3 Å². The lowest BCUT2D eigenvalue weighted by molar-refractivity contribution is -0.142. The number of halogens is 1. The van der Waals surface area contributed by atoms with Crippen LogP contribution in [0.4, 0.5) is 0 Å². The largest absolute Gasteiger partial charge is 0.333 e. The van der Waals surface area contributed by atoms with E-state index in [1.54, 1.807) is 11.3 Å². The molecule has 3 unspecified atom stereocenters. The average Bonchev–Trinajstić information content (AvgIpc) is 3.09. The molecule has 29 heavy (non-hydrogen) atoms. The maximum Gasteiger partial charge on any atom is 0.223 e. The standard InChI is InChI=1S/C24H29BrN2OS/c25-24-12-16-9-17(13-24)11-23(10-16,15-24)14-21(28)27-8-4-3-6-19(27)22-26-18-5-1-2-7-20(18)29-22/h1-2,5,7,16-17,19H,3-4,6,8-15H2. The minimum atomic E-state index is 0.181. The van der Waals surface area contributed by atoms with Crippen molar-refractivity contribution in [2.75, 3.05) is 6.54 Å². The van der Waals surface area contributed by atoms with Crippen LogP contribution in [0.3, 0.4) is 0 Å². The highest BCUT2D eigenvalue weighted by Gasteiger charge is 2.57. The normalized spacial score (nSPS) is 38.7. The molecule has 154 valence electrons. The van der Waals surface area contributed by atoms with Gasteiger partial charge in [0.2, 0.25) is 5.91 Å². The fourth-order valence-electron chi connectivity index (χ4n) is 7.48.